The number of carbonyl (C=O) groups excluding carboxylic acids is 2. The molecule has 32 heavy (non-hydrogen) atoms. The van der Waals surface area contributed by atoms with Gasteiger partial charge in [0, 0.05) is 19.1 Å². The minimum absolute atomic E-state index is 0.0371. The number of esters is 1. The number of benzene rings is 1. The van der Waals surface area contributed by atoms with Crippen LogP contribution >= 0.6 is 0 Å². The van der Waals surface area contributed by atoms with Gasteiger partial charge >= 0.3 is 12.1 Å². The fraction of sp³-hybridized carbons (Fsp3) is 0.542. The zero-order chi connectivity index (χ0) is 23.3. The largest absolute Gasteiger partial charge is 0.463 e. The average Bonchev–Trinajstić information content (AvgIpc) is 2.71. The number of likely N-dealkylation sites (N-methyl/N-ethyl adjacent to an activating group) is 1. The van der Waals surface area contributed by atoms with Gasteiger partial charge in [-0.15, -0.1) is 0 Å². The lowest BCUT2D eigenvalue weighted by Crippen LogP contribution is -2.62. The molecule has 2 atom stereocenters. The molecule has 0 N–H and O–H groups in total. The van der Waals surface area contributed by atoms with Gasteiger partial charge in [-0.3, -0.25) is 4.90 Å². The van der Waals surface area contributed by atoms with Gasteiger partial charge in [-0.1, -0.05) is 35.5 Å². The third-order valence-electron chi connectivity index (χ3n) is 5.53. The summed E-state index contributed by atoms with van der Waals surface area (Å²) in [6.07, 6.45) is 1.80. The predicted molar refractivity (Wildman–Crippen MR) is 121 cm³/mol. The van der Waals surface area contributed by atoms with E-state index in [1.807, 2.05) is 58.2 Å². The van der Waals surface area contributed by atoms with Gasteiger partial charge in [0.25, 0.3) is 0 Å². The Labute approximate surface area is 189 Å². The minimum atomic E-state index is -0.580. The molecule has 2 aliphatic heterocycles. The topological polar surface area (TPSA) is 80.7 Å². The molecule has 0 aliphatic carbocycles. The van der Waals surface area contributed by atoms with Gasteiger partial charge in [0.05, 0.1) is 24.4 Å². The Bertz CT molecular complexity index is 875. The molecule has 2 unspecified atom stereocenters. The lowest BCUT2D eigenvalue weighted by molar-refractivity contribution is -0.140. The molecular weight excluding hydrogens is 410 g/mol. The van der Waals surface area contributed by atoms with Crippen LogP contribution in [-0.4, -0.2) is 72.5 Å². The van der Waals surface area contributed by atoms with Crippen molar-refractivity contribution in [2.24, 2.45) is 5.16 Å². The van der Waals surface area contributed by atoms with Crippen LogP contribution in [0.25, 0.3) is 0 Å². The smallest absolute Gasteiger partial charge is 0.410 e. The van der Waals surface area contributed by atoms with Gasteiger partial charge in [-0.05, 0) is 52.3 Å². The fourth-order valence-corrected chi connectivity index (χ4v) is 3.99. The molecule has 0 aromatic heterocycles. The molecule has 174 valence electrons. The van der Waals surface area contributed by atoms with Crippen molar-refractivity contribution in [2.45, 2.75) is 58.4 Å². The predicted octanol–water partition coefficient (Wildman–Crippen LogP) is 3.37. The fourth-order valence-electron chi connectivity index (χ4n) is 3.99. The lowest BCUT2D eigenvalue weighted by atomic mass is 9.86. The Morgan fingerprint density at radius 2 is 1.91 bits per heavy atom. The minimum Gasteiger partial charge on any atom is -0.463 e. The molecule has 2 heterocycles. The number of piperazine rings is 1. The lowest BCUT2D eigenvalue weighted by Gasteiger charge is -2.48. The molecule has 2 bridgehead atoms. The van der Waals surface area contributed by atoms with Crippen molar-refractivity contribution in [1.82, 2.24) is 9.80 Å². The van der Waals surface area contributed by atoms with E-state index in [1.54, 1.807) is 18.0 Å². The number of carbonyl (C=O) groups is 2. The van der Waals surface area contributed by atoms with Crippen molar-refractivity contribution in [2.75, 3.05) is 26.7 Å². The maximum atomic E-state index is 12.9. The Balaban J connectivity index is 1.80. The van der Waals surface area contributed by atoms with Crippen molar-refractivity contribution < 1.29 is 23.9 Å². The van der Waals surface area contributed by atoms with Crippen molar-refractivity contribution >= 4 is 18.3 Å². The molecule has 1 aromatic carbocycles. The van der Waals surface area contributed by atoms with Crippen molar-refractivity contribution in [3.8, 4) is 0 Å². The van der Waals surface area contributed by atoms with Crippen LogP contribution in [0.5, 0.6) is 0 Å². The van der Waals surface area contributed by atoms with Gasteiger partial charge in [0.2, 0.25) is 0 Å². The first kappa shape index (κ1) is 23.8. The molecule has 1 aromatic rings. The van der Waals surface area contributed by atoms with E-state index in [-0.39, 0.29) is 24.8 Å². The van der Waals surface area contributed by atoms with E-state index in [1.165, 1.54) is 0 Å². The van der Waals surface area contributed by atoms with Gasteiger partial charge in [0.1, 0.15) is 12.2 Å². The highest BCUT2D eigenvalue weighted by Gasteiger charge is 2.44. The van der Waals surface area contributed by atoms with E-state index in [2.05, 4.69) is 10.1 Å². The summed E-state index contributed by atoms with van der Waals surface area (Å²) in [4.78, 5) is 34.8. The van der Waals surface area contributed by atoms with Gasteiger partial charge in [0.15, 0.2) is 0 Å². The van der Waals surface area contributed by atoms with Crippen molar-refractivity contribution in [3.05, 3.63) is 47.0 Å². The van der Waals surface area contributed by atoms with Crippen LogP contribution in [0.4, 0.5) is 4.79 Å². The summed E-state index contributed by atoms with van der Waals surface area (Å²) >= 11 is 0. The Morgan fingerprint density at radius 3 is 2.56 bits per heavy atom. The van der Waals surface area contributed by atoms with E-state index in [9.17, 15) is 9.59 Å². The normalized spacial score (nSPS) is 21.6. The van der Waals surface area contributed by atoms with Crippen LogP contribution in [-0.2, 0) is 25.7 Å². The van der Waals surface area contributed by atoms with Gasteiger partial charge in [-0.2, -0.15) is 0 Å². The molecule has 1 saturated heterocycles. The molecule has 1 fully saturated rings. The van der Waals surface area contributed by atoms with E-state index < -0.39 is 11.6 Å². The molecular formula is C24H33N3O5. The summed E-state index contributed by atoms with van der Waals surface area (Å²) < 4.78 is 10.9. The average molecular weight is 444 g/mol. The van der Waals surface area contributed by atoms with Crippen LogP contribution in [0.1, 0.15) is 39.7 Å². The van der Waals surface area contributed by atoms with Gasteiger partial charge in [-0.25, -0.2) is 9.59 Å². The summed E-state index contributed by atoms with van der Waals surface area (Å²) in [5.74, 6) is -0.390. The highest BCUT2D eigenvalue weighted by Crippen LogP contribution is 2.33. The van der Waals surface area contributed by atoms with Crippen LogP contribution in [0.3, 0.4) is 0 Å². The number of oxime groups is 1. The highest BCUT2D eigenvalue weighted by atomic mass is 16.6. The summed E-state index contributed by atoms with van der Waals surface area (Å²) in [7, 11) is 1.97. The maximum absolute atomic E-state index is 12.9. The van der Waals surface area contributed by atoms with E-state index in [0.29, 0.717) is 31.7 Å². The van der Waals surface area contributed by atoms with Crippen molar-refractivity contribution in [3.63, 3.8) is 0 Å². The summed E-state index contributed by atoms with van der Waals surface area (Å²) in [5.41, 5.74) is 1.74. The number of ether oxygens (including phenoxy) is 2. The van der Waals surface area contributed by atoms with E-state index in [0.717, 1.165) is 11.1 Å². The molecule has 0 radical (unpaired) electrons. The highest BCUT2D eigenvalue weighted by molar-refractivity contribution is 5.98. The third kappa shape index (κ3) is 5.88. The summed E-state index contributed by atoms with van der Waals surface area (Å²) in [6, 6.07) is 9.49. The van der Waals surface area contributed by atoms with Crippen LogP contribution < -0.4 is 0 Å². The first-order valence-corrected chi connectivity index (χ1v) is 11.0. The Hall–Kier alpha value is -2.87. The molecule has 8 nitrogen and oxygen atoms in total. The Kier molecular flexibility index (Phi) is 7.56. The number of rotatable bonds is 6. The first-order valence-electron chi connectivity index (χ1n) is 11.0. The number of hydrogen-bond donors (Lipinski definition) is 0. The molecule has 0 saturated carbocycles. The monoisotopic (exact) mass is 443 g/mol. The quantitative estimate of drug-likeness (QED) is 0.381. The van der Waals surface area contributed by atoms with Crippen LogP contribution in [0.15, 0.2) is 46.6 Å². The SMILES string of the molecule is CCOC(=O)C1=C(/C=N/OCc2ccccc2)CC2CN(C(=O)OC(C)(C)C)CC1N2C. The second-order valence-corrected chi connectivity index (χ2v) is 9.08. The number of amides is 1. The number of nitrogens with zero attached hydrogens (tertiary/aromatic N) is 3. The van der Waals surface area contributed by atoms with E-state index >= 15 is 0 Å². The Morgan fingerprint density at radius 1 is 1.19 bits per heavy atom. The molecule has 1 amide bonds. The zero-order valence-electron chi connectivity index (χ0n) is 19.5. The molecule has 2 aliphatic rings. The number of fused-ring (bicyclic) bond motifs is 2. The third-order valence-corrected chi connectivity index (χ3v) is 5.53. The zero-order valence-corrected chi connectivity index (χ0v) is 19.5. The van der Waals surface area contributed by atoms with Crippen LogP contribution in [0, 0.1) is 0 Å². The standard InChI is InChI=1S/C24H33N3O5/c1-6-30-22(28)21-18(13-25-31-16-17-10-8-7-9-11-17)12-19-14-27(15-20(21)26(19)5)23(29)32-24(2,3)4/h7-11,13,19-20H,6,12,14-16H2,1-5H3/b25-13+. The van der Waals surface area contributed by atoms with E-state index in [4.69, 9.17) is 14.3 Å². The van der Waals surface area contributed by atoms with Crippen LogP contribution in [0.2, 0.25) is 0 Å². The molecule has 8 heteroatoms. The maximum Gasteiger partial charge on any atom is 0.410 e. The second kappa shape index (κ2) is 10.2. The second-order valence-electron chi connectivity index (χ2n) is 9.08. The molecule has 3 rings (SSSR count). The molecule has 0 spiro atoms. The number of hydrogen-bond acceptors (Lipinski definition) is 7. The summed E-state index contributed by atoms with van der Waals surface area (Å²) in [5, 5.41) is 4.12. The first-order chi connectivity index (χ1) is 15.2. The van der Waals surface area contributed by atoms with Crippen molar-refractivity contribution in [1.29, 1.82) is 0 Å². The van der Waals surface area contributed by atoms with Gasteiger partial charge < -0.3 is 19.2 Å². The summed E-state index contributed by atoms with van der Waals surface area (Å²) in [6.45, 7) is 8.78.